The van der Waals surface area contributed by atoms with Crippen molar-refractivity contribution in [2.75, 3.05) is 17.2 Å². The molecular weight excluding hydrogens is 376 g/mol. The molecule has 152 valence electrons. The molecule has 6 nitrogen and oxygen atoms in total. The molecule has 0 aliphatic rings. The number of carbonyl (C=O) groups is 1. The summed E-state index contributed by atoms with van der Waals surface area (Å²) in [5, 5.41) is 2.86. The van der Waals surface area contributed by atoms with Crippen LogP contribution >= 0.6 is 0 Å². The largest absolute Gasteiger partial charge is 0.491 e. The molecule has 28 heavy (non-hydrogen) atoms. The van der Waals surface area contributed by atoms with Gasteiger partial charge >= 0.3 is 0 Å². The van der Waals surface area contributed by atoms with Crippen molar-refractivity contribution >= 4 is 21.6 Å². The van der Waals surface area contributed by atoms with E-state index in [4.69, 9.17) is 4.74 Å². The van der Waals surface area contributed by atoms with Crippen molar-refractivity contribution in [2.24, 2.45) is 0 Å². The number of nitrogens with zero attached hydrogens (tertiary/aromatic N) is 1. The molecule has 0 fully saturated rings. The Kier molecular flexibility index (Phi) is 7.45. The van der Waals surface area contributed by atoms with Gasteiger partial charge < -0.3 is 10.1 Å². The lowest BCUT2D eigenvalue weighted by molar-refractivity contribution is -0.123. The van der Waals surface area contributed by atoms with E-state index in [-0.39, 0.29) is 18.6 Å². The molecule has 0 heterocycles. The molecule has 0 bridgehead atoms. The number of anilines is 1. The third-order valence-electron chi connectivity index (χ3n) is 4.25. The third-order valence-corrected chi connectivity index (χ3v) is 5.43. The van der Waals surface area contributed by atoms with E-state index in [0.29, 0.717) is 12.1 Å². The second kappa shape index (κ2) is 9.59. The van der Waals surface area contributed by atoms with E-state index in [1.54, 1.807) is 37.3 Å². The third kappa shape index (κ3) is 5.99. The molecule has 2 aromatic carbocycles. The number of hydrogen-bond donors (Lipinski definition) is 1. The molecule has 0 aromatic heterocycles. The van der Waals surface area contributed by atoms with Crippen LogP contribution in [0.1, 0.15) is 25.8 Å². The Morgan fingerprint density at radius 3 is 2.25 bits per heavy atom. The topological polar surface area (TPSA) is 75.7 Å². The predicted molar refractivity (Wildman–Crippen MR) is 112 cm³/mol. The fourth-order valence-electron chi connectivity index (χ4n) is 2.87. The molecule has 0 aliphatic heterocycles. The van der Waals surface area contributed by atoms with Gasteiger partial charge in [-0.2, -0.15) is 0 Å². The molecule has 1 amide bonds. The van der Waals surface area contributed by atoms with E-state index in [1.165, 1.54) is 4.31 Å². The maximum atomic E-state index is 12.8. The SMILES string of the molecule is CC[C@H](C(=O)N[C@H](C)COc1ccc(C)cc1)N(c1ccccc1)S(C)(=O)=O. The predicted octanol–water partition coefficient (Wildman–Crippen LogP) is 3.12. The van der Waals surface area contributed by atoms with Crippen molar-refractivity contribution in [2.45, 2.75) is 39.3 Å². The van der Waals surface area contributed by atoms with E-state index < -0.39 is 16.1 Å². The van der Waals surface area contributed by atoms with Crippen molar-refractivity contribution in [3.63, 3.8) is 0 Å². The van der Waals surface area contributed by atoms with Gasteiger partial charge in [-0.1, -0.05) is 42.8 Å². The average Bonchev–Trinajstić information content (AvgIpc) is 2.65. The first-order chi connectivity index (χ1) is 13.2. The molecule has 1 N–H and O–H groups in total. The van der Waals surface area contributed by atoms with E-state index in [0.717, 1.165) is 17.6 Å². The number of para-hydroxylation sites is 1. The molecule has 2 aromatic rings. The fourth-order valence-corrected chi connectivity index (χ4v) is 4.08. The Hall–Kier alpha value is -2.54. The second-order valence-corrected chi connectivity index (χ2v) is 8.71. The zero-order valence-electron chi connectivity index (χ0n) is 16.8. The minimum Gasteiger partial charge on any atom is -0.491 e. The molecule has 2 atom stereocenters. The van der Waals surface area contributed by atoms with Gasteiger partial charge in [0.15, 0.2) is 0 Å². The summed E-state index contributed by atoms with van der Waals surface area (Å²) in [6.07, 6.45) is 1.46. The number of amides is 1. The van der Waals surface area contributed by atoms with Crippen LogP contribution in [0.25, 0.3) is 0 Å². The maximum Gasteiger partial charge on any atom is 0.244 e. The van der Waals surface area contributed by atoms with E-state index in [2.05, 4.69) is 5.32 Å². The van der Waals surface area contributed by atoms with Crippen molar-refractivity contribution in [3.05, 3.63) is 60.2 Å². The smallest absolute Gasteiger partial charge is 0.244 e. The number of carbonyl (C=O) groups excluding carboxylic acids is 1. The van der Waals surface area contributed by atoms with Gasteiger partial charge in [0, 0.05) is 0 Å². The minimum absolute atomic E-state index is 0.278. The van der Waals surface area contributed by atoms with Crippen LogP contribution in [0.15, 0.2) is 54.6 Å². The van der Waals surface area contributed by atoms with Gasteiger partial charge in [0.2, 0.25) is 15.9 Å². The monoisotopic (exact) mass is 404 g/mol. The second-order valence-electron chi connectivity index (χ2n) is 6.85. The Bertz CT molecular complexity index is 867. The summed E-state index contributed by atoms with van der Waals surface area (Å²) in [6.45, 7) is 5.90. The maximum absolute atomic E-state index is 12.8. The molecule has 7 heteroatoms. The highest BCUT2D eigenvalue weighted by molar-refractivity contribution is 7.92. The lowest BCUT2D eigenvalue weighted by Crippen LogP contribution is -2.52. The van der Waals surface area contributed by atoms with Crippen molar-refractivity contribution in [1.29, 1.82) is 0 Å². The molecule has 0 unspecified atom stereocenters. The van der Waals surface area contributed by atoms with E-state index in [9.17, 15) is 13.2 Å². The zero-order valence-corrected chi connectivity index (χ0v) is 17.6. The van der Waals surface area contributed by atoms with Crippen molar-refractivity contribution in [1.82, 2.24) is 5.32 Å². The highest BCUT2D eigenvalue weighted by atomic mass is 32.2. The normalized spacial score (nSPS) is 13.4. The van der Waals surface area contributed by atoms with Gasteiger partial charge in [-0.15, -0.1) is 0 Å². The van der Waals surface area contributed by atoms with Crippen LogP contribution in [0.2, 0.25) is 0 Å². The lowest BCUT2D eigenvalue weighted by Gasteiger charge is -2.31. The van der Waals surface area contributed by atoms with E-state index >= 15 is 0 Å². The Labute approximate surface area is 167 Å². The quantitative estimate of drug-likeness (QED) is 0.697. The van der Waals surface area contributed by atoms with Crippen molar-refractivity contribution in [3.8, 4) is 5.75 Å². The molecule has 2 rings (SSSR count). The van der Waals surface area contributed by atoms with Crippen molar-refractivity contribution < 1.29 is 17.9 Å². The first kappa shape index (κ1) is 21.8. The standard InChI is InChI=1S/C21H28N2O4S/c1-5-20(23(28(4,25)26)18-9-7-6-8-10-18)21(24)22-17(3)15-27-19-13-11-16(2)12-14-19/h6-14,17,20H,5,15H2,1-4H3,(H,22,24)/t17-,20-/m1/s1. The van der Waals surface area contributed by atoms with E-state index in [1.807, 2.05) is 38.1 Å². The number of nitrogens with one attached hydrogen (secondary N) is 1. The van der Waals surface area contributed by atoms with Crippen LogP contribution in [-0.2, 0) is 14.8 Å². The first-order valence-corrected chi connectivity index (χ1v) is 11.1. The molecule has 0 saturated carbocycles. The summed E-state index contributed by atoms with van der Waals surface area (Å²) in [7, 11) is -3.63. The van der Waals surface area contributed by atoms with Gasteiger partial charge in [-0.25, -0.2) is 8.42 Å². The summed E-state index contributed by atoms with van der Waals surface area (Å²) in [6, 6.07) is 15.2. The fraction of sp³-hybridized carbons (Fsp3) is 0.381. The number of sulfonamides is 1. The lowest BCUT2D eigenvalue weighted by atomic mass is 10.1. The van der Waals surface area contributed by atoms with Crippen LogP contribution in [0.4, 0.5) is 5.69 Å². The van der Waals surface area contributed by atoms with Gasteiger partial charge in [0.25, 0.3) is 0 Å². The summed E-state index contributed by atoms with van der Waals surface area (Å²) in [5.74, 6) is 0.373. The van der Waals surface area contributed by atoms with Crippen LogP contribution in [0, 0.1) is 6.92 Å². The highest BCUT2D eigenvalue weighted by Crippen LogP contribution is 2.22. The Morgan fingerprint density at radius 2 is 1.71 bits per heavy atom. The van der Waals surface area contributed by atoms with Crippen LogP contribution in [-0.4, -0.2) is 39.3 Å². The number of benzene rings is 2. The van der Waals surface area contributed by atoms with Crippen LogP contribution in [0.3, 0.4) is 0 Å². The van der Waals surface area contributed by atoms with Gasteiger partial charge in [0.05, 0.1) is 18.0 Å². The number of aryl methyl sites for hydroxylation is 1. The zero-order chi connectivity index (χ0) is 20.7. The summed E-state index contributed by atoms with van der Waals surface area (Å²) >= 11 is 0. The van der Waals surface area contributed by atoms with Crippen LogP contribution < -0.4 is 14.4 Å². The van der Waals surface area contributed by atoms with Gasteiger partial charge in [0.1, 0.15) is 18.4 Å². The summed E-state index contributed by atoms with van der Waals surface area (Å²) in [5.41, 5.74) is 1.61. The molecule has 0 spiro atoms. The molecule has 0 aliphatic carbocycles. The summed E-state index contributed by atoms with van der Waals surface area (Å²) in [4.78, 5) is 12.8. The van der Waals surface area contributed by atoms with Crippen LogP contribution in [0.5, 0.6) is 5.75 Å². The number of ether oxygens (including phenoxy) is 1. The summed E-state index contributed by atoms with van der Waals surface area (Å²) < 4.78 is 31.6. The minimum atomic E-state index is -3.63. The van der Waals surface area contributed by atoms with Gasteiger partial charge in [-0.05, 0) is 44.5 Å². The number of hydrogen-bond acceptors (Lipinski definition) is 4. The molecule has 0 saturated heterocycles. The van der Waals surface area contributed by atoms with Gasteiger partial charge in [-0.3, -0.25) is 9.10 Å². The Balaban J connectivity index is 2.07. The molecular formula is C21H28N2O4S. The molecule has 0 radical (unpaired) electrons. The average molecular weight is 405 g/mol. The first-order valence-electron chi connectivity index (χ1n) is 9.26. The highest BCUT2D eigenvalue weighted by Gasteiger charge is 2.31. The Morgan fingerprint density at radius 1 is 1.11 bits per heavy atom. The number of rotatable bonds is 9.